The average molecular weight is 444 g/mol. The van der Waals surface area contributed by atoms with E-state index >= 15 is 0 Å². The number of aryl methyl sites for hydroxylation is 1. The summed E-state index contributed by atoms with van der Waals surface area (Å²) in [6.45, 7) is 8.66. The molecule has 0 aliphatic heterocycles. The van der Waals surface area contributed by atoms with Gasteiger partial charge in [-0.3, -0.25) is 4.57 Å². The maximum Gasteiger partial charge on any atom is 0.264 e. The summed E-state index contributed by atoms with van der Waals surface area (Å²) in [7, 11) is 0.365. The van der Waals surface area contributed by atoms with Crippen LogP contribution < -0.4 is 10.2 Å². The largest absolute Gasteiger partial charge is 0.378 e. The fraction of sp³-hybridized carbons (Fsp3) is 0.538. The zero-order valence-electron chi connectivity index (χ0n) is 19.8. The standard InChI is InChI=1S/C26H38NO3P/c1-18(2)24-16-9-20(4)17-25(24)30-31(29,23-14-12-22(13-15-23)27(5)6)26(28)21-10-7-19(3)8-11-21/h7-8,10-15,18,20,24-26,28H,9,16-17H2,1-6H3/t20-,24-,25-,26+,31-/m1/s1. The van der Waals surface area contributed by atoms with Gasteiger partial charge in [-0.2, -0.15) is 0 Å². The quantitative estimate of drug-likeness (QED) is 0.523. The minimum atomic E-state index is -3.58. The normalized spacial score (nSPS) is 24.6. The number of hydrogen-bond donors (Lipinski definition) is 1. The van der Waals surface area contributed by atoms with Gasteiger partial charge in [0.1, 0.15) is 0 Å². The van der Waals surface area contributed by atoms with E-state index in [0.717, 1.165) is 24.1 Å². The minimum Gasteiger partial charge on any atom is -0.378 e. The number of hydrogen-bond acceptors (Lipinski definition) is 4. The van der Waals surface area contributed by atoms with Crippen molar-refractivity contribution in [1.29, 1.82) is 0 Å². The summed E-state index contributed by atoms with van der Waals surface area (Å²) < 4.78 is 21.1. The molecule has 1 N–H and O–H groups in total. The van der Waals surface area contributed by atoms with Gasteiger partial charge in [0.05, 0.1) is 6.10 Å². The van der Waals surface area contributed by atoms with Crippen LogP contribution in [-0.4, -0.2) is 25.3 Å². The van der Waals surface area contributed by atoms with E-state index in [4.69, 9.17) is 4.52 Å². The van der Waals surface area contributed by atoms with Crippen LogP contribution in [0.4, 0.5) is 5.69 Å². The molecule has 0 bridgehead atoms. The first-order valence-corrected chi connectivity index (χ1v) is 13.1. The van der Waals surface area contributed by atoms with Crippen LogP contribution in [0, 0.1) is 24.7 Å². The van der Waals surface area contributed by atoms with E-state index in [-0.39, 0.29) is 6.10 Å². The minimum absolute atomic E-state index is 0.122. The third kappa shape index (κ3) is 5.42. The Bertz CT molecular complexity index is 892. The number of rotatable bonds is 7. The number of anilines is 1. The van der Waals surface area contributed by atoms with Gasteiger partial charge in [-0.25, -0.2) is 0 Å². The molecule has 0 aromatic heterocycles. The molecule has 2 aromatic carbocycles. The Labute approximate surface area is 188 Å². The van der Waals surface area contributed by atoms with Gasteiger partial charge in [-0.1, -0.05) is 57.0 Å². The first-order chi connectivity index (χ1) is 14.6. The Morgan fingerprint density at radius 2 is 1.65 bits per heavy atom. The molecule has 0 amide bonds. The summed E-state index contributed by atoms with van der Waals surface area (Å²) in [6.07, 6.45) is 3.00. The predicted octanol–water partition coefficient (Wildman–Crippen LogP) is 6.13. The van der Waals surface area contributed by atoms with Crippen LogP contribution in [-0.2, 0) is 9.09 Å². The number of benzene rings is 2. The van der Waals surface area contributed by atoms with Gasteiger partial charge in [-0.15, -0.1) is 0 Å². The van der Waals surface area contributed by atoms with Crippen LogP contribution in [0.1, 0.15) is 57.0 Å². The molecule has 170 valence electrons. The number of aliphatic hydroxyl groups excluding tert-OH is 1. The topological polar surface area (TPSA) is 49.8 Å². The summed E-state index contributed by atoms with van der Waals surface area (Å²) in [4.78, 5) is 2.00. The maximum absolute atomic E-state index is 14.5. The van der Waals surface area contributed by atoms with E-state index in [1.54, 1.807) is 0 Å². The molecule has 0 saturated heterocycles. The van der Waals surface area contributed by atoms with Gasteiger partial charge in [0.15, 0.2) is 5.85 Å². The lowest BCUT2D eigenvalue weighted by molar-refractivity contribution is 0.0427. The second-order valence-electron chi connectivity index (χ2n) is 9.76. The molecule has 2 aromatic rings. The lowest BCUT2D eigenvalue weighted by Crippen LogP contribution is -2.35. The molecule has 1 fully saturated rings. The van der Waals surface area contributed by atoms with Crippen molar-refractivity contribution in [2.75, 3.05) is 19.0 Å². The van der Waals surface area contributed by atoms with Gasteiger partial charge >= 0.3 is 0 Å². The van der Waals surface area contributed by atoms with Crippen molar-refractivity contribution in [1.82, 2.24) is 0 Å². The molecule has 5 atom stereocenters. The lowest BCUT2D eigenvalue weighted by atomic mass is 9.75. The predicted molar refractivity (Wildman–Crippen MR) is 130 cm³/mol. The van der Waals surface area contributed by atoms with Gasteiger partial charge in [-0.05, 0) is 67.3 Å². The molecule has 4 nitrogen and oxygen atoms in total. The van der Waals surface area contributed by atoms with Crippen LogP contribution in [0.25, 0.3) is 0 Å². The van der Waals surface area contributed by atoms with Crippen molar-refractivity contribution in [3.63, 3.8) is 0 Å². The highest BCUT2D eigenvalue weighted by Crippen LogP contribution is 2.60. The highest BCUT2D eigenvalue weighted by atomic mass is 31.2. The van der Waals surface area contributed by atoms with Crippen LogP contribution in [0.3, 0.4) is 0 Å². The number of aliphatic hydroxyl groups is 1. The van der Waals surface area contributed by atoms with Crippen molar-refractivity contribution in [2.45, 2.75) is 58.9 Å². The number of nitrogens with zero attached hydrogens (tertiary/aromatic N) is 1. The molecule has 31 heavy (non-hydrogen) atoms. The smallest absolute Gasteiger partial charge is 0.264 e. The van der Waals surface area contributed by atoms with E-state index in [1.807, 2.05) is 74.4 Å². The zero-order valence-corrected chi connectivity index (χ0v) is 20.7. The molecule has 1 aliphatic carbocycles. The third-order valence-electron chi connectivity index (χ3n) is 6.68. The molecule has 0 spiro atoms. The molecular weight excluding hydrogens is 405 g/mol. The van der Waals surface area contributed by atoms with Crippen LogP contribution in [0.5, 0.6) is 0 Å². The molecular formula is C26H38NO3P. The van der Waals surface area contributed by atoms with Gasteiger partial charge < -0.3 is 14.5 Å². The lowest BCUT2D eigenvalue weighted by Gasteiger charge is -2.40. The summed E-state index contributed by atoms with van der Waals surface area (Å²) in [6, 6.07) is 15.2. The average Bonchev–Trinajstić information content (AvgIpc) is 2.73. The van der Waals surface area contributed by atoms with Crippen molar-refractivity contribution in [3.8, 4) is 0 Å². The van der Waals surface area contributed by atoms with Crippen molar-refractivity contribution in [2.24, 2.45) is 17.8 Å². The Morgan fingerprint density at radius 3 is 2.19 bits per heavy atom. The molecule has 1 aliphatic rings. The van der Waals surface area contributed by atoms with Crippen LogP contribution >= 0.6 is 7.37 Å². The first kappa shape index (κ1) is 24.0. The first-order valence-electron chi connectivity index (χ1n) is 11.4. The Morgan fingerprint density at radius 1 is 1.03 bits per heavy atom. The third-order valence-corrected chi connectivity index (χ3v) is 9.22. The Kier molecular flexibility index (Phi) is 7.68. The summed E-state index contributed by atoms with van der Waals surface area (Å²) in [5.41, 5.74) is 2.75. The monoisotopic (exact) mass is 443 g/mol. The van der Waals surface area contributed by atoms with Crippen molar-refractivity contribution in [3.05, 3.63) is 59.7 Å². The van der Waals surface area contributed by atoms with E-state index in [1.165, 1.54) is 6.42 Å². The van der Waals surface area contributed by atoms with E-state index in [0.29, 0.717) is 28.6 Å². The molecule has 1 saturated carbocycles. The van der Waals surface area contributed by atoms with Crippen LogP contribution in [0.15, 0.2) is 48.5 Å². The fourth-order valence-electron chi connectivity index (χ4n) is 4.59. The van der Waals surface area contributed by atoms with E-state index < -0.39 is 13.2 Å². The molecule has 3 rings (SSSR count). The van der Waals surface area contributed by atoms with Crippen molar-refractivity contribution < 1.29 is 14.2 Å². The van der Waals surface area contributed by atoms with Gasteiger partial charge in [0.2, 0.25) is 0 Å². The molecule has 0 unspecified atom stereocenters. The highest BCUT2D eigenvalue weighted by molar-refractivity contribution is 7.67. The SMILES string of the molecule is Cc1ccc([C@@H](O)[P@](=O)(O[C@@H]2C[C@H](C)CC[C@@H]2C(C)C)c2ccc(N(C)C)cc2)cc1. The molecule has 0 heterocycles. The second kappa shape index (κ2) is 9.90. The molecule has 5 heteroatoms. The Balaban J connectivity index is 2.02. The summed E-state index contributed by atoms with van der Waals surface area (Å²) >= 11 is 0. The van der Waals surface area contributed by atoms with Gasteiger partial charge in [0.25, 0.3) is 7.37 Å². The fourth-order valence-corrected chi connectivity index (χ4v) is 6.88. The zero-order chi connectivity index (χ0) is 22.8. The summed E-state index contributed by atoms with van der Waals surface area (Å²) in [5.74, 6) is 0.124. The van der Waals surface area contributed by atoms with E-state index in [2.05, 4.69) is 20.8 Å². The summed E-state index contributed by atoms with van der Waals surface area (Å²) in [5, 5.41) is 12.0. The molecule has 0 radical (unpaired) electrons. The van der Waals surface area contributed by atoms with Gasteiger partial charge in [0, 0.05) is 25.1 Å². The maximum atomic E-state index is 14.5. The van der Waals surface area contributed by atoms with Crippen molar-refractivity contribution >= 4 is 18.4 Å². The Hall–Kier alpha value is -1.61. The second-order valence-corrected chi connectivity index (χ2v) is 12.2. The van der Waals surface area contributed by atoms with E-state index in [9.17, 15) is 9.67 Å². The van der Waals surface area contributed by atoms with Crippen LogP contribution in [0.2, 0.25) is 0 Å². The highest BCUT2D eigenvalue weighted by Gasteiger charge is 2.42.